The zero-order valence-corrected chi connectivity index (χ0v) is 12.3. The maximum Gasteiger partial charge on any atom is 0.345 e. The maximum atomic E-state index is 12.9. The lowest BCUT2D eigenvalue weighted by Gasteiger charge is -2.15. The molecule has 0 aromatic heterocycles. The van der Waals surface area contributed by atoms with E-state index < -0.39 is 12.1 Å². The van der Waals surface area contributed by atoms with Gasteiger partial charge in [0.05, 0.1) is 0 Å². The molecule has 0 saturated heterocycles. The highest BCUT2D eigenvalue weighted by Crippen LogP contribution is 2.22. The van der Waals surface area contributed by atoms with Gasteiger partial charge < -0.3 is 9.84 Å². The van der Waals surface area contributed by atoms with Crippen LogP contribution in [-0.2, 0) is 11.2 Å². The van der Waals surface area contributed by atoms with Crippen molar-refractivity contribution in [3.63, 3.8) is 0 Å². The van der Waals surface area contributed by atoms with Crippen molar-refractivity contribution < 1.29 is 19.0 Å². The number of carboxylic acids is 1. The van der Waals surface area contributed by atoms with Gasteiger partial charge in [0.1, 0.15) is 11.6 Å². The number of benzene rings is 3. The van der Waals surface area contributed by atoms with Crippen molar-refractivity contribution in [1.82, 2.24) is 0 Å². The number of halogens is 1. The SMILES string of the molecule is O=C(O)[C@@H](Cc1ccc(F)cc1)Oc1ccc2ccccc2c1. The first-order valence-corrected chi connectivity index (χ1v) is 7.24. The molecule has 4 heteroatoms. The highest BCUT2D eigenvalue weighted by Gasteiger charge is 2.20. The van der Waals surface area contributed by atoms with Crippen LogP contribution >= 0.6 is 0 Å². The van der Waals surface area contributed by atoms with E-state index in [-0.39, 0.29) is 12.2 Å². The van der Waals surface area contributed by atoms with Gasteiger partial charge in [0, 0.05) is 6.42 Å². The van der Waals surface area contributed by atoms with E-state index in [0.717, 1.165) is 10.8 Å². The van der Waals surface area contributed by atoms with Crippen LogP contribution in [0.4, 0.5) is 4.39 Å². The molecule has 1 atom stereocenters. The van der Waals surface area contributed by atoms with Crippen molar-refractivity contribution in [3.05, 3.63) is 78.1 Å². The molecular formula is C19H15FO3. The predicted octanol–water partition coefficient (Wildman–Crippen LogP) is 4.05. The Morgan fingerprint density at radius 1 is 1.00 bits per heavy atom. The van der Waals surface area contributed by atoms with Crippen LogP contribution in [0.1, 0.15) is 5.56 Å². The molecule has 0 fully saturated rings. The van der Waals surface area contributed by atoms with Crippen LogP contribution in [-0.4, -0.2) is 17.2 Å². The Balaban J connectivity index is 1.80. The largest absolute Gasteiger partial charge is 0.478 e. The summed E-state index contributed by atoms with van der Waals surface area (Å²) in [5.74, 6) is -0.906. The third-order valence-electron chi connectivity index (χ3n) is 3.61. The van der Waals surface area contributed by atoms with E-state index in [1.165, 1.54) is 12.1 Å². The van der Waals surface area contributed by atoms with Crippen LogP contribution < -0.4 is 4.74 Å². The van der Waals surface area contributed by atoms with Gasteiger partial charge in [0.15, 0.2) is 6.10 Å². The summed E-state index contributed by atoms with van der Waals surface area (Å²) >= 11 is 0. The second-order valence-electron chi connectivity index (χ2n) is 5.28. The fourth-order valence-corrected chi connectivity index (χ4v) is 2.42. The Bertz CT molecular complexity index is 827. The fourth-order valence-electron chi connectivity index (χ4n) is 2.42. The summed E-state index contributed by atoms with van der Waals surface area (Å²) in [5, 5.41) is 11.4. The van der Waals surface area contributed by atoms with Crippen molar-refractivity contribution >= 4 is 16.7 Å². The van der Waals surface area contributed by atoms with E-state index in [1.54, 1.807) is 18.2 Å². The first-order chi connectivity index (χ1) is 11.1. The van der Waals surface area contributed by atoms with Gasteiger partial charge in [0.25, 0.3) is 0 Å². The van der Waals surface area contributed by atoms with Crippen molar-refractivity contribution in [2.45, 2.75) is 12.5 Å². The molecule has 1 N–H and O–H groups in total. The number of fused-ring (bicyclic) bond motifs is 1. The molecule has 0 radical (unpaired) electrons. The van der Waals surface area contributed by atoms with Crippen LogP contribution in [0, 0.1) is 5.82 Å². The van der Waals surface area contributed by atoms with Gasteiger partial charge >= 0.3 is 5.97 Å². The number of carboxylic acid groups (broad SMARTS) is 1. The highest BCUT2D eigenvalue weighted by molar-refractivity contribution is 5.84. The summed E-state index contributed by atoms with van der Waals surface area (Å²) in [6, 6.07) is 19.0. The molecule has 0 aliphatic rings. The number of rotatable bonds is 5. The lowest BCUT2D eigenvalue weighted by Crippen LogP contribution is -2.29. The molecule has 0 spiro atoms. The molecule has 0 aliphatic carbocycles. The molecular weight excluding hydrogens is 295 g/mol. The quantitative estimate of drug-likeness (QED) is 0.773. The third-order valence-corrected chi connectivity index (χ3v) is 3.61. The Morgan fingerprint density at radius 2 is 1.70 bits per heavy atom. The molecule has 0 saturated carbocycles. The average molecular weight is 310 g/mol. The third kappa shape index (κ3) is 3.66. The van der Waals surface area contributed by atoms with E-state index >= 15 is 0 Å². The zero-order valence-electron chi connectivity index (χ0n) is 12.3. The molecule has 116 valence electrons. The summed E-state index contributed by atoms with van der Waals surface area (Å²) in [7, 11) is 0. The number of hydrogen-bond donors (Lipinski definition) is 1. The van der Waals surface area contributed by atoms with Crippen molar-refractivity contribution in [3.8, 4) is 5.75 Å². The van der Waals surface area contributed by atoms with Crippen molar-refractivity contribution in [2.24, 2.45) is 0 Å². The maximum absolute atomic E-state index is 12.9. The molecule has 3 aromatic rings. The Kier molecular flexibility index (Phi) is 4.24. The Morgan fingerprint density at radius 3 is 2.39 bits per heavy atom. The Hall–Kier alpha value is -2.88. The molecule has 0 amide bonds. The first kappa shape index (κ1) is 15.0. The standard InChI is InChI=1S/C19H15FO3/c20-16-8-5-13(6-9-16)11-18(19(21)22)23-17-10-7-14-3-1-2-4-15(14)12-17/h1-10,12,18H,11H2,(H,21,22)/t18-/m1/s1. The first-order valence-electron chi connectivity index (χ1n) is 7.24. The van der Waals surface area contributed by atoms with Crippen LogP contribution in [0.25, 0.3) is 10.8 Å². The summed E-state index contributed by atoms with van der Waals surface area (Å²) in [6.07, 6.45) is -0.857. The molecule has 3 rings (SSSR count). The number of hydrogen-bond acceptors (Lipinski definition) is 2. The van der Waals surface area contributed by atoms with E-state index in [1.807, 2.05) is 36.4 Å². The minimum absolute atomic E-state index is 0.169. The van der Waals surface area contributed by atoms with Crippen LogP contribution in [0.2, 0.25) is 0 Å². The number of carbonyl (C=O) groups is 1. The van der Waals surface area contributed by atoms with E-state index in [2.05, 4.69) is 0 Å². The molecule has 0 aliphatic heterocycles. The Labute approximate surface area is 132 Å². The van der Waals surface area contributed by atoms with Crippen molar-refractivity contribution in [2.75, 3.05) is 0 Å². The van der Waals surface area contributed by atoms with Gasteiger partial charge in [-0.3, -0.25) is 0 Å². The second kappa shape index (κ2) is 6.48. The highest BCUT2D eigenvalue weighted by atomic mass is 19.1. The minimum atomic E-state index is -1.05. The van der Waals surface area contributed by atoms with E-state index in [0.29, 0.717) is 11.3 Å². The number of aliphatic carboxylic acids is 1. The smallest absolute Gasteiger partial charge is 0.345 e. The molecule has 3 nitrogen and oxygen atoms in total. The summed E-state index contributed by atoms with van der Waals surface area (Å²) in [4.78, 5) is 11.4. The molecule has 23 heavy (non-hydrogen) atoms. The van der Waals surface area contributed by atoms with Crippen molar-refractivity contribution in [1.29, 1.82) is 0 Å². The second-order valence-corrected chi connectivity index (χ2v) is 5.28. The van der Waals surface area contributed by atoms with E-state index in [9.17, 15) is 14.3 Å². The van der Waals surface area contributed by atoms with Gasteiger partial charge in [-0.05, 0) is 40.6 Å². The molecule has 0 unspecified atom stereocenters. The summed E-state index contributed by atoms with van der Waals surface area (Å²) in [5.41, 5.74) is 0.708. The normalized spacial score (nSPS) is 12.0. The lowest BCUT2D eigenvalue weighted by molar-refractivity contribution is -0.145. The average Bonchev–Trinajstić information content (AvgIpc) is 2.56. The molecule has 0 bridgehead atoms. The van der Waals surface area contributed by atoms with Crippen LogP contribution in [0.5, 0.6) is 5.75 Å². The fraction of sp³-hybridized carbons (Fsp3) is 0.105. The van der Waals surface area contributed by atoms with Gasteiger partial charge in [-0.15, -0.1) is 0 Å². The molecule has 0 heterocycles. The van der Waals surface area contributed by atoms with Gasteiger partial charge in [-0.1, -0.05) is 42.5 Å². The van der Waals surface area contributed by atoms with Crippen LogP contribution in [0.15, 0.2) is 66.7 Å². The molecule has 3 aromatic carbocycles. The summed E-state index contributed by atoms with van der Waals surface area (Å²) in [6.45, 7) is 0. The van der Waals surface area contributed by atoms with Gasteiger partial charge in [-0.2, -0.15) is 0 Å². The monoisotopic (exact) mass is 310 g/mol. The van der Waals surface area contributed by atoms with Crippen LogP contribution in [0.3, 0.4) is 0 Å². The van der Waals surface area contributed by atoms with Gasteiger partial charge in [-0.25, -0.2) is 9.18 Å². The topological polar surface area (TPSA) is 46.5 Å². The predicted molar refractivity (Wildman–Crippen MR) is 86.1 cm³/mol. The summed E-state index contributed by atoms with van der Waals surface area (Å²) < 4.78 is 18.6. The zero-order chi connectivity index (χ0) is 16.2. The number of ether oxygens (including phenoxy) is 1. The minimum Gasteiger partial charge on any atom is -0.478 e. The van der Waals surface area contributed by atoms with E-state index in [4.69, 9.17) is 4.74 Å². The lowest BCUT2D eigenvalue weighted by atomic mass is 10.1. The van der Waals surface area contributed by atoms with Gasteiger partial charge in [0.2, 0.25) is 0 Å².